The summed E-state index contributed by atoms with van der Waals surface area (Å²) in [6, 6.07) is 13.2. The van der Waals surface area contributed by atoms with Crippen molar-refractivity contribution in [2.24, 2.45) is 0 Å². The third-order valence-corrected chi connectivity index (χ3v) is 5.19. The number of ether oxygens (including phenoxy) is 1. The van der Waals surface area contributed by atoms with Crippen LogP contribution in [-0.2, 0) is 4.79 Å². The van der Waals surface area contributed by atoms with Crippen molar-refractivity contribution in [2.75, 3.05) is 11.9 Å². The highest BCUT2D eigenvalue weighted by atomic mass is 127. The second kappa shape index (κ2) is 7.79. The average molecular weight is 562 g/mol. The van der Waals surface area contributed by atoms with E-state index in [1.807, 2.05) is 42.5 Å². The summed E-state index contributed by atoms with van der Waals surface area (Å²) in [6.07, 6.45) is 1.69. The Hall–Kier alpha value is -1.19. The molecule has 0 bridgehead atoms. The number of pyridine rings is 1. The van der Waals surface area contributed by atoms with Gasteiger partial charge in [0.15, 0.2) is 12.4 Å². The summed E-state index contributed by atoms with van der Waals surface area (Å²) in [5.41, 5.74) is 1.43. The van der Waals surface area contributed by atoms with Crippen LogP contribution in [0.5, 0.6) is 5.75 Å². The topological polar surface area (TPSA) is 51.2 Å². The van der Waals surface area contributed by atoms with Crippen molar-refractivity contribution in [3.63, 3.8) is 0 Å². The summed E-state index contributed by atoms with van der Waals surface area (Å²) in [4.78, 5) is 16.5. The second-order valence-electron chi connectivity index (χ2n) is 4.91. The van der Waals surface area contributed by atoms with Crippen molar-refractivity contribution in [1.29, 1.82) is 0 Å². The first-order valence-corrected chi connectivity index (χ1v) is 9.62. The molecular formula is C17H11Br2IN2O2. The number of anilines is 1. The number of fused-ring (bicyclic) bond motifs is 1. The second-order valence-corrected chi connectivity index (χ2v) is 7.87. The standard InChI is InChI=1S/C17H11Br2IN2O2/c18-13-8-14(19)17(16-12(13)2-1-7-21-16)24-9-15(23)22-11-5-3-10(20)4-6-11/h1-8H,9H2,(H,22,23). The molecule has 1 aromatic heterocycles. The largest absolute Gasteiger partial charge is 0.480 e. The normalized spacial score (nSPS) is 10.6. The first-order chi connectivity index (χ1) is 11.5. The molecule has 0 radical (unpaired) electrons. The van der Waals surface area contributed by atoms with Crippen LogP contribution in [0.1, 0.15) is 0 Å². The number of hydrogen-bond donors (Lipinski definition) is 1. The lowest BCUT2D eigenvalue weighted by Gasteiger charge is -2.12. The van der Waals surface area contributed by atoms with Crippen LogP contribution in [0.25, 0.3) is 10.9 Å². The smallest absolute Gasteiger partial charge is 0.262 e. The molecule has 1 amide bonds. The molecule has 0 saturated carbocycles. The number of carbonyl (C=O) groups excluding carboxylic acids is 1. The maximum atomic E-state index is 12.1. The Bertz CT molecular complexity index is 901. The zero-order chi connectivity index (χ0) is 17.1. The quantitative estimate of drug-likeness (QED) is 0.435. The van der Waals surface area contributed by atoms with Crippen LogP contribution in [0, 0.1) is 3.57 Å². The van der Waals surface area contributed by atoms with E-state index in [-0.39, 0.29) is 12.5 Å². The molecule has 0 aliphatic carbocycles. The van der Waals surface area contributed by atoms with Gasteiger partial charge in [0.25, 0.3) is 5.91 Å². The molecule has 0 atom stereocenters. The lowest BCUT2D eigenvalue weighted by Crippen LogP contribution is -2.20. The third-order valence-electron chi connectivity index (χ3n) is 3.23. The highest BCUT2D eigenvalue weighted by Gasteiger charge is 2.13. The fraction of sp³-hybridized carbons (Fsp3) is 0.0588. The molecule has 4 nitrogen and oxygen atoms in total. The van der Waals surface area contributed by atoms with Gasteiger partial charge < -0.3 is 10.1 Å². The Morgan fingerprint density at radius 2 is 1.92 bits per heavy atom. The number of amides is 1. The van der Waals surface area contributed by atoms with Gasteiger partial charge in [-0.3, -0.25) is 9.78 Å². The minimum Gasteiger partial charge on any atom is -0.480 e. The monoisotopic (exact) mass is 560 g/mol. The zero-order valence-electron chi connectivity index (χ0n) is 12.2. The van der Waals surface area contributed by atoms with Crippen LogP contribution in [0.15, 0.2) is 57.6 Å². The van der Waals surface area contributed by atoms with E-state index in [4.69, 9.17) is 4.74 Å². The molecule has 1 heterocycles. The van der Waals surface area contributed by atoms with Crippen LogP contribution >= 0.6 is 54.5 Å². The Morgan fingerprint density at radius 3 is 2.67 bits per heavy atom. The van der Waals surface area contributed by atoms with Gasteiger partial charge in [0.2, 0.25) is 0 Å². The molecule has 24 heavy (non-hydrogen) atoms. The van der Waals surface area contributed by atoms with Gasteiger partial charge >= 0.3 is 0 Å². The molecule has 7 heteroatoms. The number of hydrogen-bond acceptors (Lipinski definition) is 3. The highest BCUT2D eigenvalue weighted by molar-refractivity contribution is 14.1. The Morgan fingerprint density at radius 1 is 1.17 bits per heavy atom. The van der Waals surface area contributed by atoms with Gasteiger partial charge in [-0.1, -0.05) is 22.0 Å². The maximum Gasteiger partial charge on any atom is 0.262 e. The average Bonchev–Trinajstić information content (AvgIpc) is 2.57. The molecular weight excluding hydrogens is 551 g/mol. The molecule has 0 aliphatic rings. The van der Waals surface area contributed by atoms with E-state index >= 15 is 0 Å². The minimum absolute atomic E-state index is 0.0993. The van der Waals surface area contributed by atoms with Crippen LogP contribution in [0.3, 0.4) is 0 Å². The highest BCUT2D eigenvalue weighted by Crippen LogP contribution is 2.37. The lowest BCUT2D eigenvalue weighted by atomic mass is 10.2. The van der Waals surface area contributed by atoms with Gasteiger partial charge in [-0.2, -0.15) is 0 Å². The van der Waals surface area contributed by atoms with Crippen LogP contribution < -0.4 is 10.1 Å². The van der Waals surface area contributed by atoms with Gasteiger partial charge in [0.05, 0.1) is 4.47 Å². The Labute approximate surface area is 169 Å². The summed E-state index contributed by atoms with van der Waals surface area (Å²) in [5.74, 6) is 0.321. The number of nitrogens with zero attached hydrogens (tertiary/aromatic N) is 1. The van der Waals surface area contributed by atoms with Gasteiger partial charge in [-0.05, 0) is 74.9 Å². The molecule has 0 spiro atoms. The van der Waals surface area contributed by atoms with Crippen LogP contribution in [0.4, 0.5) is 5.69 Å². The number of rotatable bonds is 4. The molecule has 0 unspecified atom stereocenters. The maximum absolute atomic E-state index is 12.1. The molecule has 0 aliphatic heterocycles. The minimum atomic E-state index is -0.227. The van der Waals surface area contributed by atoms with Gasteiger partial charge in [-0.25, -0.2) is 0 Å². The number of aromatic nitrogens is 1. The van der Waals surface area contributed by atoms with Gasteiger partial charge in [0, 0.05) is 25.3 Å². The predicted molar refractivity (Wildman–Crippen MR) is 110 cm³/mol. The van der Waals surface area contributed by atoms with Crippen molar-refractivity contribution < 1.29 is 9.53 Å². The van der Waals surface area contributed by atoms with E-state index in [2.05, 4.69) is 64.8 Å². The van der Waals surface area contributed by atoms with E-state index in [0.717, 1.165) is 23.6 Å². The number of carbonyl (C=O) groups is 1. The van der Waals surface area contributed by atoms with Crippen molar-refractivity contribution in [1.82, 2.24) is 4.98 Å². The lowest BCUT2D eigenvalue weighted by molar-refractivity contribution is -0.118. The van der Waals surface area contributed by atoms with Crippen molar-refractivity contribution in [3.8, 4) is 5.75 Å². The number of benzene rings is 2. The summed E-state index contributed by atoms with van der Waals surface area (Å²) in [7, 11) is 0. The fourth-order valence-electron chi connectivity index (χ4n) is 2.15. The third kappa shape index (κ3) is 4.07. The SMILES string of the molecule is O=C(COc1c(Br)cc(Br)c2cccnc12)Nc1ccc(I)cc1. The Balaban J connectivity index is 1.76. The molecule has 1 N–H and O–H groups in total. The molecule has 122 valence electrons. The summed E-state index contributed by atoms with van der Waals surface area (Å²) < 4.78 is 8.48. The number of nitrogens with one attached hydrogen (secondary N) is 1. The molecule has 2 aromatic carbocycles. The molecule has 3 aromatic rings. The zero-order valence-corrected chi connectivity index (χ0v) is 17.6. The summed E-state index contributed by atoms with van der Waals surface area (Å²) in [5, 5.41) is 3.73. The van der Waals surface area contributed by atoms with E-state index in [9.17, 15) is 4.79 Å². The first kappa shape index (κ1) is 17.6. The summed E-state index contributed by atoms with van der Waals surface area (Å²) in [6.45, 7) is -0.0993. The van der Waals surface area contributed by atoms with E-state index < -0.39 is 0 Å². The summed E-state index contributed by atoms with van der Waals surface area (Å²) >= 11 is 9.19. The van der Waals surface area contributed by atoms with E-state index in [1.165, 1.54) is 0 Å². The van der Waals surface area contributed by atoms with Gasteiger partial charge in [0.1, 0.15) is 5.52 Å². The fourth-order valence-corrected chi connectivity index (χ4v) is 3.90. The van der Waals surface area contributed by atoms with Crippen LogP contribution in [0.2, 0.25) is 0 Å². The van der Waals surface area contributed by atoms with Gasteiger partial charge in [-0.15, -0.1) is 0 Å². The van der Waals surface area contributed by atoms with E-state index in [1.54, 1.807) is 6.20 Å². The molecule has 3 rings (SSSR count). The van der Waals surface area contributed by atoms with E-state index in [0.29, 0.717) is 11.3 Å². The van der Waals surface area contributed by atoms with Crippen molar-refractivity contribution >= 4 is 76.9 Å². The predicted octanol–water partition coefficient (Wildman–Crippen LogP) is 5.38. The van der Waals surface area contributed by atoms with Crippen molar-refractivity contribution in [3.05, 3.63) is 61.2 Å². The molecule has 0 fully saturated rings. The molecule has 0 saturated heterocycles. The number of halogens is 3. The van der Waals surface area contributed by atoms with Crippen molar-refractivity contribution in [2.45, 2.75) is 0 Å². The first-order valence-electron chi connectivity index (χ1n) is 6.95. The van der Waals surface area contributed by atoms with Crippen LogP contribution in [-0.4, -0.2) is 17.5 Å². The Kier molecular flexibility index (Phi) is 5.72.